The van der Waals surface area contributed by atoms with E-state index in [1.807, 2.05) is 17.8 Å². The summed E-state index contributed by atoms with van der Waals surface area (Å²) < 4.78 is 1.25. The number of hydrogen-bond acceptors (Lipinski definition) is 3. The first kappa shape index (κ1) is 9.70. The maximum Gasteiger partial charge on any atom is 0.101 e. The van der Waals surface area contributed by atoms with Crippen molar-refractivity contribution in [1.29, 1.82) is 0 Å². The Bertz CT molecular complexity index is 483. The predicted octanol–water partition coefficient (Wildman–Crippen LogP) is 3.23. The van der Waals surface area contributed by atoms with Gasteiger partial charge in [-0.25, -0.2) is 0 Å². The number of fused-ring (bicyclic) bond motifs is 1. The van der Waals surface area contributed by atoms with Gasteiger partial charge < -0.3 is 5.11 Å². The molecule has 1 aromatic heterocycles. The Morgan fingerprint density at radius 3 is 3.00 bits per heavy atom. The van der Waals surface area contributed by atoms with Crippen molar-refractivity contribution in [2.24, 2.45) is 0 Å². The summed E-state index contributed by atoms with van der Waals surface area (Å²) in [6, 6.07) is 8.35. The summed E-state index contributed by atoms with van der Waals surface area (Å²) in [5, 5.41) is 13.9. The highest BCUT2D eigenvalue weighted by atomic mass is 32.2. The lowest BCUT2D eigenvalue weighted by Crippen LogP contribution is -2.24. The van der Waals surface area contributed by atoms with E-state index in [2.05, 4.69) is 23.6 Å². The summed E-state index contributed by atoms with van der Waals surface area (Å²) >= 11 is 3.57. The molecule has 0 amide bonds. The Balaban J connectivity index is 2.21. The van der Waals surface area contributed by atoms with Crippen LogP contribution in [-0.4, -0.2) is 16.6 Å². The molecule has 1 aliphatic rings. The number of thiophene rings is 1. The van der Waals surface area contributed by atoms with E-state index >= 15 is 0 Å². The van der Waals surface area contributed by atoms with E-state index in [1.54, 1.807) is 11.3 Å². The molecular formula is C12H12OS2. The van der Waals surface area contributed by atoms with Crippen molar-refractivity contribution in [3.05, 3.63) is 35.2 Å². The fraction of sp³-hybridized carbons (Fsp3) is 0.333. The summed E-state index contributed by atoms with van der Waals surface area (Å²) in [6.07, 6.45) is 0.884. The lowest BCUT2D eigenvalue weighted by Gasteiger charge is -2.22. The van der Waals surface area contributed by atoms with Crippen LogP contribution in [0.2, 0.25) is 0 Å². The van der Waals surface area contributed by atoms with Gasteiger partial charge >= 0.3 is 0 Å². The first-order chi connectivity index (χ1) is 7.30. The van der Waals surface area contributed by atoms with Crippen LogP contribution >= 0.6 is 23.1 Å². The molecule has 78 valence electrons. The molecular weight excluding hydrogens is 224 g/mol. The molecule has 0 aliphatic carbocycles. The first-order valence-corrected chi connectivity index (χ1v) is 7.10. The van der Waals surface area contributed by atoms with Gasteiger partial charge in [0.05, 0.1) is 0 Å². The number of rotatable bonds is 1. The highest BCUT2D eigenvalue weighted by molar-refractivity contribution is 7.99. The summed E-state index contributed by atoms with van der Waals surface area (Å²) in [4.78, 5) is 0. The first-order valence-electron chi connectivity index (χ1n) is 5.06. The standard InChI is InChI=1S/C12H12OS2/c13-12(5-7-14-8-12)10-3-1-2-9-4-6-15-11(9)10/h1-4,6,13H,5,7-8H2. The van der Waals surface area contributed by atoms with Crippen LogP contribution in [0, 0.1) is 0 Å². The molecule has 2 heterocycles. The quantitative estimate of drug-likeness (QED) is 0.820. The van der Waals surface area contributed by atoms with E-state index in [9.17, 15) is 5.11 Å². The lowest BCUT2D eigenvalue weighted by atomic mass is 9.93. The molecule has 0 saturated carbocycles. The topological polar surface area (TPSA) is 20.2 Å². The zero-order valence-electron chi connectivity index (χ0n) is 8.27. The lowest BCUT2D eigenvalue weighted by molar-refractivity contribution is 0.0675. The van der Waals surface area contributed by atoms with Crippen LogP contribution < -0.4 is 0 Å². The third kappa shape index (κ3) is 1.50. The molecule has 1 aliphatic heterocycles. The maximum atomic E-state index is 10.6. The van der Waals surface area contributed by atoms with Crippen molar-refractivity contribution >= 4 is 33.2 Å². The largest absolute Gasteiger partial charge is 0.384 e. The summed E-state index contributed by atoms with van der Waals surface area (Å²) in [6.45, 7) is 0. The van der Waals surface area contributed by atoms with Crippen LogP contribution in [0.3, 0.4) is 0 Å². The zero-order chi connectivity index (χ0) is 10.3. The van der Waals surface area contributed by atoms with Gasteiger partial charge in [0.25, 0.3) is 0 Å². The molecule has 1 unspecified atom stereocenters. The van der Waals surface area contributed by atoms with Crippen LogP contribution in [0.5, 0.6) is 0 Å². The van der Waals surface area contributed by atoms with Crippen molar-refractivity contribution in [1.82, 2.24) is 0 Å². The highest BCUT2D eigenvalue weighted by Crippen LogP contribution is 2.41. The van der Waals surface area contributed by atoms with Crippen molar-refractivity contribution in [3.63, 3.8) is 0 Å². The Hall–Kier alpha value is -0.510. The van der Waals surface area contributed by atoms with E-state index in [0.29, 0.717) is 0 Å². The fourth-order valence-electron chi connectivity index (χ4n) is 2.13. The SMILES string of the molecule is OC1(c2cccc3ccsc23)CCSC1. The maximum absolute atomic E-state index is 10.6. The number of hydrogen-bond donors (Lipinski definition) is 1. The van der Waals surface area contributed by atoms with Crippen molar-refractivity contribution in [3.8, 4) is 0 Å². The van der Waals surface area contributed by atoms with E-state index in [4.69, 9.17) is 0 Å². The van der Waals surface area contributed by atoms with Crippen LogP contribution in [-0.2, 0) is 5.60 Å². The van der Waals surface area contributed by atoms with Crippen molar-refractivity contribution < 1.29 is 5.11 Å². The van der Waals surface area contributed by atoms with E-state index in [1.165, 1.54) is 10.1 Å². The second kappa shape index (κ2) is 3.51. The van der Waals surface area contributed by atoms with Crippen LogP contribution in [0.25, 0.3) is 10.1 Å². The second-order valence-electron chi connectivity index (χ2n) is 3.98. The van der Waals surface area contributed by atoms with E-state index < -0.39 is 5.60 Å². The Kier molecular flexibility index (Phi) is 2.27. The highest BCUT2D eigenvalue weighted by Gasteiger charge is 2.35. The normalized spacial score (nSPS) is 26.2. The molecule has 1 atom stereocenters. The van der Waals surface area contributed by atoms with Gasteiger partial charge in [0.15, 0.2) is 0 Å². The van der Waals surface area contributed by atoms with Gasteiger partial charge in [0, 0.05) is 16.0 Å². The number of thioether (sulfide) groups is 1. The fourth-order valence-corrected chi connectivity index (χ4v) is 4.40. The van der Waals surface area contributed by atoms with Crippen LogP contribution in [0.1, 0.15) is 12.0 Å². The number of aliphatic hydroxyl groups is 1. The monoisotopic (exact) mass is 236 g/mol. The molecule has 1 N–H and O–H groups in total. The van der Waals surface area contributed by atoms with Crippen molar-refractivity contribution in [2.75, 3.05) is 11.5 Å². The van der Waals surface area contributed by atoms with Gasteiger partial charge in [-0.2, -0.15) is 11.8 Å². The summed E-state index contributed by atoms with van der Waals surface area (Å²) in [5.41, 5.74) is 0.537. The molecule has 0 bridgehead atoms. The zero-order valence-corrected chi connectivity index (χ0v) is 9.90. The minimum Gasteiger partial charge on any atom is -0.384 e. The Morgan fingerprint density at radius 1 is 1.27 bits per heavy atom. The van der Waals surface area contributed by atoms with Gasteiger partial charge in [-0.3, -0.25) is 0 Å². The predicted molar refractivity (Wildman–Crippen MR) is 67.7 cm³/mol. The third-order valence-electron chi connectivity index (χ3n) is 2.98. The van der Waals surface area contributed by atoms with E-state index in [0.717, 1.165) is 23.5 Å². The van der Waals surface area contributed by atoms with Gasteiger partial charge in [0.2, 0.25) is 0 Å². The molecule has 1 fully saturated rings. The number of benzene rings is 1. The molecule has 0 radical (unpaired) electrons. The van der Waals surface area contributed by atoms with Gasteiger partial charge in [-0.05, 0) is 29.0 Å². The minimum absolute atomic E-state index is 0.588. The molecule has 1 saturated heterocycles. The second-order valence-corrected chi connectivity index (χ2v) is 6.00. The van der Waals surface area contributed by atoms with Crippen LogP contribution in [0.15, 0.2) is 29.6 Å². The molecule has 1 nitrogen and oxygen atoms in total. The van der Waals surface area contributed by atoms with E-state index in [-0.39, 0.29) is 0 Å². The molecule has 15 heavy (non-hydrogen) atoms. The Morgan fingerprint density at radius 2 is 2.20 bits per heavy atom. The average molecular weight is 236 g/mol. The molecule has 1 aromatic carbocycles. The third-order valence-corrected chi connectivity index (χ3v) is 5.12. The summed E-state index contributed by atoms with van der Waals surface area (Å²) in [7, 11) is 0. The smallest absolute Gasteiger partial charge is 0.101 e. The Labute approximate surface area is 97.1 Å². The van der Waals surface area contributed by atoms with Gasteiger partial charge in [-0.1, -0.05) is 18.2 Å². The summed E-state index contributed by atoms with van der Waals surface area (Å²) in [5.74, 6) is 1.91. The van der Waals surface area contributed by atoms with Gasteiger partial charge in [-0.15, -0.1) is 11.3 Å². The molecule has 0 spiro atoms. The minimum atomic E-state index is -0.588. The molecule has 2 aromatic rings. The molecule has 3 heteroatoms. The average Bonchev–Trinajstić information content (AvgIpc) is 2.85. The van der Waals surface area contributed by atoms with Gasteiger partial charge in [0.1, 0.15) is 5.60 Å². The van der Waals surface area contributed by atoms with Crippen LogP contribution in [0.4, 0.5) is 0 Å². The van der Waals surface area contributed by atoms with Crippen molar-refractivity contribution in [2.45, 2.75) is 12.0 Å². The molecule has 3 rings (SSSR count).